The summed E-state index contributed by atoms with van der Waals surface area (Å²) in [6.07, 6.45) is 1.31. The summed E-state index contributed by atoms with van der Waals surface area (Å²) in [7, 11) is 0. The summed E-state index contributed by atoms with van der Waals surface area (Å²) in [6.45, 7) is 0. The summed E-state index contributed by atoms with van der Waals surface area (Å²) in [6, 6.07) is 7.57. The summed E-state index contributed by atoms with van der Waals surface area (Å²) < 4.78 is 0.677. The van der Waals surface area contributed by atoms with E-state index in [1.54, 1.807) is 12.1 Å². The highest BCUT2D eigenvalue weighted by Crippen LogP contribution is 2.20. The van der Waals surface area contributed by atoms with Gasteiger partial charge in [-0.3, -0.25) is 4.79 Å². The van der Waals surface area contributed by atoms with E-state index in [1.807, 2.05) is 0 Å². The molecule has 2 aromatic rings. The van der Waals surface area contributed by atoms with Gasteiger partial charge in [0.25, 0.3) is 5.91 Å². The number of hydrogen-bond acceptors (Lipinski definition) is 3. The van der Waals surface area contributed by atoms with E-state index in [0.29, 0.717) is 20.7 Å². The van der Waals surface area contributed by atoms with Crippen molar-refractivity contribution in [3.63, 3.8) is 0 Å². The molecule has 1 amide bonds. The average molecular weight is 356 g/mol. The van der Waals surface area contributed by atoms with Gasteiger partial charge in [0.1, 0.15) is 5.69 Å². The van der Waals surface area contributed by atoms with Crippen molar-refractivity contribution in [1.82, 2.24) is 4.98 Å². The van der Waals surface area contributed by atoms with E-state index in [4.69, 9.17) is 16.7 Å². The number of amides is 1. The number of aromatic nitrogens is 1. The molecular weight excluding hydrogens is 348 g/mol. The number of carbonyl (C=O) groups excluding carboxylic acids is 1. The molecule has 0 bridgehead atoms. The van der Waals surface area contributed by atoms with Crippen LogP contribution in [0.1, 0.15) is 20.8 Å². The number of aromatic carboxylic acids is 1. The maximum atomic E-state index is 12.0. The molecule has 0 saturated carbocycles. The standard InChI is InChI=1S/C13H8BrClN2O3/c14-8-3-7(4-9(15)5-8)12(18)17-10-1-2-16-11(6-10)13(19)20/h1-6H,(H,19,20)(H,16,17,18). The van der Waals surface area contributed by atoms with Crippen LogP contribution in [0.2, 0.25) is 5.02 Å². The summed E-state index contributed by atoms with van der Waals surface area (Å²) in [5.41, 5.74) is 0.562. The third-order valence-corrected chi connectivity index (χ3v) is 3.04. The number of anilines is 1. The fourth-order valence-corrected chi connectivity index (χ4v) is 2.37. The van der Waals surface area contributed by atoms with Crippen molar-refractivity contribution in [2.45, 2.75) is 0 Å². The number of pyridine rings is 1. The highest BCUT2D eigenvalue weighted by atomic mass is 79.9. The van der Waals surface area contributed by atoms with Crippen molar-refractivity contribution in [2.75, 3.05) is 5.32 Å². The van der Waals surface area contributed by atoms with Gasteiger partial charge in [-0.05, 0) is 30.3 Å². The van der Waals surface area contributed by atoms with E-state index in [2.05, 4.69) is 26.2 Å². The van der Waals surface area contributed by atoms with E-state index in [0.717, 1.165) is 0 Å². The molecule has 0 radical (unpaired) electrons. The maximum Gasteiger partial charge on any atom is 0.354 e. The Kier molecular flexibility index (Phi) is 4.36. The van der Waals surface area contributed by atoms with Crippen LogP contribution in [0.3, 0.4) is 0 Å². The van der Waals surface area contributed by atoms with Gasteiger partial charge >= 0.3 is 5.97 Å². The minimum atomic E-state index is -1.16. The highest BCUT2D eigenvalue weighted by molar-refractivity contribution is 9.10. The molecule has 2 N–H and O–H groups in total. The molecule has 0 spiro atoms. The van der Waals surface area contributed by atoms with Gasteiger partial charge in [0.05, 0.1) is 0 Å². The number of nitrogens with zero attached hydrogens (tertiary/aromatic N) is 1. The van der Waals surface area contributed by atoms with Gasteiger partial charge in [-0.1, -0.05) is 27.5 Å². The van der Waals surface area contributed by atoms with Crippen LogP contribution < -0.4 is 5.32 Å². The predicted molar refractivity (Wildman–Crippen MR) is 78.3 cm³/mol. The van der Waals surface area contributed by atoms with Crippen LogP contribution >= 0.6 is 27.5 Å². The molecule has 102 valence electrons. The van der Waals surface area contributed by atoms with Crippen LogP contribution in [0.4, 0.5) is 5.69 Å². The predicted octanol–water partition coefficient (Wildman–Crippen LogP) is 3.45. The van der Waals surface area contributed by atoms with Crippen LogP contribution in [-0.4, -0.2) is 22.0 Å². The quantitative estimate of drug-likeness (QED) is 0.884. The Morgan fingerprint density at radius 3 is 2.65 bits per heavy atom. The molecule has 2 rings (SSSR count). The second-order valence-electron chi connectivity index (χ2n) is 3.85. The summed E-state index contributed by atoms with van der Waals surface area (Å²) in [4.78, 5) is 26.5. The molecule has 5 nitrogen and oxygen atoms in total. The average Bonchev–Trinajstić information content (AvgIpc) is 2.37. The number of benzene rings is 1. The zero-order chi connectivity index (χ0) is 14.7. The molecule has 0 aliphatic rings. The lowest BCUT2D eigenvalue weighted by Crippen LogP contribution is -2.13. The van der Waals surface area contributed by atoms with Crippen molar-refractivity contribution in [2.24, 2.45) is 0 Å². The molecule has 20 heavy (non-hydrogen) atoms. The van der Waals surface area contributed by atoms with Crippen LogP contribution in [0.15, 0.2) is 41.0 Å². The molecule has 0 atom stereocenters. The second kappa shape index (κ2) is 6.02. The summed E-state index contributed by atoms with van der Waals surface area (Å²) in [5, 5.41) is 11.8. The number of nitrogens with one attached hydrogen (secondary N) is 1. The Balaban J connectivity index is 2.23. The highest BCUT2D eigenvalue weighted by Gasteiger charge is 2.10. The molecule has 0 fully saturated rings. The first kappa shape index (κ1) is 14.5. The lowest BCUT2D eigenvalue weighted by atomic mass is 10.2. The third-order valence-electron chi connectivity index (χ3n) is 2.36. The molecule has 0 aliphatic heterocycles. The number of carboxylic acid groups (broad SMARTS) is 1. The number of carbonyl (C=O) groups is 2. The Bertz CT molecular complexity index is 671. The molecule has 0 aliphatic carbocycles. The smallest absolute Gasteiger partial charge is 0.354 e. The van der Waals surface area contributed by atoms with Gasteiger partial charge in [0.2, 0.25) is 0 Å². The van der Waals surface area contributed by atoms with Gasteiger partial charge in [-0.15, -0.1) is 0 Å². The van der Waals surface area contributed by atoms with E-state index in [9.17, 15) is 9.59 Å². The van der Waals surface area contributed by atoms with Crippen molar-refractivity contribution < 1.29 is 14.7 Å². The first-order chi connectivity index (χ1) is 9.45. The lowest BCUT2D eigenvalue weighted by Gasteiger charge is -2.06. The van der Waals surface area contributed by atoms with Crippen molar-refractivity contribution in [1.29, 1.82) is 0 Å². The first-order valence-corrected chi connectivity index (χ1v) is 6.59. The van der Waals surface area contributed by atoms with Gasteiger partial charge in [-0.2, -0.15) is 0 Å². The Morgan fingerprint density at radius 1 is 1.25 bits per heavy atom. The molecule has 0 saturated heterocycles. The van der Waals surface area contributed by atoms with Crippen molar-refractivity contribution >= 4 is 45.1 Å². The first-order valence-electron chi connectivity index (χ1n) is 5.42. The minimum Gasteiger partial charge on any atom is -0.477 e. The maximum absolute atomic E-state index is 12.0. The van der Waals surface area contributed by atoms with Crippen LogP contribution in [-0.2, 0) is 0 Å². The zero-order valence-corrected chi connectivity index (χ0v) is 12.3. The SMILES string of the molecule is O=C(Nc1ccnc(C(=O)O)c1)c1cc(Cl)cc(Br)c1. The van der Waals surface area contributed by atoms with Gasteiger partial charge in [0, 0.05) is 26.9 Å². The number of halogens is 2. The van der Waals surface area contributed by atoms with Gasteiger partial charge in [0.15, 0.2) is 0 Å². The monoisotopic (exact) mass is 354 g/mol. The topological polar surface area (TPSA) is 79.3 Å². The fourth-order valence-electron chi connectivity index (χ4n) is 1.51. The largest absolute Gasteiger partial charge is 0.477 e. The van der Waals surface area contributed by atoms with Crippen molar-refractivity contribution in [3.05, 3.63) is 57.3 Å². The van der Waals surface area contributed by atoms with Gasteiger partial charge < -0.3 is 10.4 Å². The normalized spacial score (nSPS) is 10.1. The zero-order valence-electron chi connectivity index (χ0n) is 9.93. The molecule has 7 heteroatoms. The van der Waals surface area contributed by atoms with E-state index in [-0.39, 0.29) is 5.69 Å². The number of hydrogen-bond donors (Lipinski definition) is 2. The number of carboxylic acids is 1. The third kappa shape index (κ3) is 3.55. The Labute approximate surface area is 127 Å². The lowest BCUT2D eigenvalue weighted by molar-refractivity contribution is 0.0690. The van der Waals surface area contributed by atoms with Crippen LogP contribution in [0.5, 0.6) is 0 Å². The Hall–Kier alpha value is -1.92. The minimum absolute atomic E-state index is 0.143. The van der Waals surface area contributed by atoms with Crippen molar-refractivity contribution in [3.8, 4) is 0 Å². The molecule has 1 heterocycles. The van der Waals surface area contributed by atoms with Crippen LogP contribution in [0.25, 0.3) is 0 Å². The number of rotatable bonds is 3. The van der Waals surface area contributed by atoms with E-state index in [1.165, 1.54) is 24.4 Å². The molecule has 0 unspecified atom stereocenters. The molecular formula is C13H8BrClN2O3. The summed E-state index contributed by atoms with van der Waals surface area (Å²) in [5.74, 6) is -1.55. The van der Waals surface area contributed by atoms with Gasteiger partial charge in [-0.25, -0.2) is 9.78 Å². The Morgan fingerprint density at radius 2 is 2.00 bits per heavy atom. The van der Waals surface area contributed by atoms with Crippen LogP contribution in [0, 0.1) is 0 Å². The second-order valence-corrected chi connectivity index (χ2v) is 5.20. The van der Waals surface area contributed by atoms with E-state index < -0.39 is 11.9 Å². The fraction of sp³-hybridized carbons (Fsp3) is 0. The summed E-state index contributed by atoms with van der Waals surface area (Å²) >= 11 is 9.11. The molecule has 1 aromatic carbocycles. The molecule has 1 aromatic heterocycles. The van der Waals surface area contributed by atoms with E-state index >= 15 is 0 Å².